The fourth-order valence-corrected chi connectivity index (χ4v) is 2.38. The number of rotatable bonds is 9. The molecule has 1 aromatic rings. The molecule has 0 radical (unpaired) electrons. The number of esters is 1. The average molecular weight is 298 g/mol. The molecule has 1 N–H and O–H groups in total. The molecule has 20 heavy (non-hydrogen) atoms. The highest BCUT2D eigenvalue weighted by Crippen LogP contribution is 2.07. The highest BCUT2D eigenvalue weighted by molar-refractivity contribution is 7.09. The van der Waals surface area contributed by atoms with E-state index in [2.05, 4.69) is 11.4 Å². The van der Waals surface area contributed by atoms with Crippen LogP contribution in [0.2, 0.25) is 0 Å². The van der Waals surface area contributed by atoms with Crippen molar-refractivity contribution in [2.45, 2.75) is 19.8 Å². The summed E-state index contributed by atoms with van der Waals surface area (Å²) in [6.45, 7) is 3.64. The Bertz CT molecular complexity index is 407. The number of amides is 1. The third-order valence-electron chi connectivity index (χ3n) is 2.69. The summed E-state index contributed by atoms with van der Waals surface area (Å²) in [5, 5.41) is 4.90. The van der Waals surface area contributed by atoms with Crippen LogP contribution in [0.15, 0.2) is 17.5 Å². The predicted molar refractivity (Wildman–Crippen MR) is 79.8 cm³/mol. The quantitative estimate of drug-likeness (QED) is 0.698. The predicted octanol–water partition coefficient (Wildman–Crippen LogP) is 1.29. The van der Waals surface area contributed by atoms with Crippen LogP contribution in [0.3, 0.4) is 0 Å². The number of carbonyl (C=O) groups excluding carboxylic acids is 2. The lowest BCUT2D eigenvalue weighted by Gasteiger charge is -2.15. The number of thiophene rings is 1. The maximum Gasteiger partial charge on any atom is 0.307 e. The lowest BCUT2D eigenvalue weighted by molar-refractivity contribution is -0.143. The van der Waals surface area contributed by atoms with E-state index in [0.717, 1.165) is 6.42 Å². The molecule has 0 aliphatic rings. The van der Waals surface area contributed by atoms with Gasteiger partial charge in [0.2, 0.25) is 5.91 Å². The van der Waals surface area contributed by atoms with Gasteiger partial charge in [0, 0.05) is 18.0 Å². The molecule has 112 valence electrons. The molecule has 1 amide bonds. The van der Waals surface area contributed by atoms with Crippen molar-refractivity contribution in [3.8, 4) is 0 Å². The van der Waals surface area contributed by atoms with E-state index in [0.29, 0.717) is 32.7 Å². The van der Waals surface area contributed by atoms with Gasteiger partial charge in [-0.1, -0.05) is 6.07 Å². The Morgan fingerprint density at radius 1 is 1.45 bits per heavy atom. The Balaban J connectivity index is 2.10. The molecule has 0 aliphatic heterocycles. The minimum atomic E-state index is -0.225. The molecule has 0 unspecified atom stereocenters. The molecule has 1 aromatic heterocycles. The first-order valence-electron chi connectivity index (χ1n) is 6.75. The van der Waals surface area contributed by atoms with Crippen LogP contribution in [0.1, 0.15) is 18.2 Å². The number of nitrogens with zero attached hydrogens (tertiary/aromatic N) is 1. The topological polar surface area (TPSA) is 58.6 Å². The van der Waals surface area contributed by atoms with E-state index in [4.69, 9.17) is 4.74 Å². The van der Waals surface area contributed by atoms with Gasteiger partial charge < -0.3 is 10.1 Å². The van der Waals surface area contributed by atoms with E-state index in [1.54, 1.807) is 18.3 Å². The molecule has 1 heterocycles. The van der Waals surface area contributed by atoms with Crippen molar-refractivity contribution in [3.63, 3.8) is 0 Å². The molecule has 6 heteroatoms. The second-order valence-corrected chi connectivity index (χ2v) is 5.50. The Hall–Kier alpha value is -1.40. The number of carbonyl (C=O) groups is 2. The monoisotopic (exact) mass is 298 g/mol. The number of hydrogen-bond donors (Lipinski definition) is 1. The van der Waals surface area contributed by atoms with Gasteiger partial charge in [-0.15, -0.1) is 11.3 Å². The van der Waals surface area contributed by atoms with Crippen LogP contribution in [0.4, 0.5) is 0 Å². The molecule has 0 atom stereocenters. The Labute approximate surface area is 123 Å². The van der Waals surface area contributed by atoms with Crippen LogP contribution in [0.25, 0.3) is 0 Å². The van der Waals surface area contributed by atoms with E-state index in [1.807, 2.05) is 23.4 Å². The van der Waals surface area contributed by atoms with Crippen molar-refractivity contribution >= 4 is 23.2 Å². The molecular weight excluding hydrogens is 276 g/mol. The Morgan fingerprint density at radius 3 is 2.90 bits per heavy atom. The van der Waals surface area contributed by atoms with Crippen LogP contribution in [-0.2, 0) is 20.7 Å². The highest BCUT2D eigenvalue weighted by atomic mass is 32.1. The summed E-state index contributed by atoms with van der Waals surface area (Å²) in [6.07, 6.45) is 1.17. The maximum atomic E-state index is 11.7. The molecule has 0 aromatic carbocycles. The summed E-state index contributed by atoms with van der Waals surface area (Å²) in [7, 11) is 1.82. The van der Waals surface area contributed by atoms with Crippen molar-refractivity contribution < 1.29 is 14.3 Å². The van der Waals surface area contributed by atoms with Crippen molar-refractivity contribution in [1.82, 2.24) is 10.2 Å². The molecule has 0 spiro atoms. The third kappa shape index (κ3) is 7.25. The average Bonchev–Trinajstić information content (AvgIpc) is 2.90. The first kappa shape index (κ1) is 16.7. The molecule has 0 fully saturated rings. The van der Waals surface area contributed by atoms with Gasteiger partial charge in [-0.2, -0.15) is 0 Å². The van der Waals surface area contributed by atoms with Crippen LogP contribution in [0.5, 0.6) is 0 Å². The Morgan fingerprint density at radius 2 is 2.25 bits per heavy atom. The summed E-state index contributed by atoms with van der Waals surface area (Å²) in [4.78, 5) is 26.0. The second kappa shape index (κ2) is 9.50. The highest BCUT2D eigenvalue weighted by Gasteiger charge is 2.09. The van der Waals surface area contributed by atoms with Gasteiger partial charge in [-0.25, -0.2) is 0 Å². The third-order valence-corrected chi connectivity index (χ3v) is 3.63. The van der Waals surface area contributed by atoms with E-state index in [-0.39, 0.29) is 11.9 Å². The minimum absolute atomic E-state index is 0.0204. The number of hydrogen-bond acceptors (Lipinski definition) is 5. The standard InChI is InChI=1S/C14H22N2O3S/c1-3-19-14(18)7-9-16(2)11-13(17)15-8-6-12-5-4-10-20-12/h4-5,10H,3,6-9,11H2,1-2H3,(H,15,17). The van der Waals surface area contributed by atoms with Gasteiger partial charge in [0.05, 0.1) is 19.6 Å². The summed E-state index contributed by atoms with van der Waals surface area (Å²) in [5.74, 6) is -0.245. The lowest BCUT2D eigenvalue weighted by Crippen LogP contribution is -2.37. The fraction of sp³-hybridized carbons (Fsp3) is 0.571. The number of ether oxygens (including phenoxy) is 1. The van der Waals surface area contributed by atoms with Gasteiger partial charge in [0.1, 0.15) is 0 Å². The summed E-state index contributed by atoms with van der Waals surface area (Å²) >= 11 is 1.69. The van der Waals surface area contributed by atoms with Crippen molar-refractivity contribution in [3.05, 3.63) is 22.4 Å². The first-order valence-corrected chi connectivity index (χ1v) is 7.63. The Kier molecular flexibility index (Phi) is 7.91. The largest absolute Gasteiger partial charge is 0.466 e. The van der Waals surface area contributed by atoms with Gasteiger partial charge in [-0.3, -0.25) is 14.5 Å². The van der Waals surface area contributed by atoms with Gasteiger partial charge >= 0.3 is 5.97 Å². The second-order valence-electron chi connectivity index (χ2n) is 4.47. The van der Waals surface area contributed by atoms with Crippen LogP contribution >= 0.6 is 11.3 Å². The zero-order valence-corrected chi connectivity index (χ0v) is 12.9. The molecular formula is C14H22N2O3S. The van der Waals surface area contributed by atoms with Gasteiger partial charge in [-0.05, 0) is 31.8 Å². The first-order chi connectivity index (χ1) is 9.61. The zero-order chi connectivity index (χ0) is 14.8. The SMILES string of the molecule is CCOC(=O)CCN(C)CC(=O)NCCc1cccs1. The van der Waals surface area contributed by atoms with Crippen molar-refractivity contribution in [2.75, 3.05) is 33.3 Å². The molecule has 0 aliphatic carbocycles. The minimum Gasteiger partial charge on any atom is -0.466 e. The van der Waals surface area contributed by atoms with Crippen LogP contribution < -0.4 is 5.32 Å². The molecule has 5 nitrogen and oxygen atoms in total. The summed E-state index contributed by atoms with van der Waals surface area (Å²) in [5.41, 5.74) is 0. The van der Waals surface area contributed by atoms with Crippen molar-refractivity contribution in [1.29, 1.82) is 0 Å². The van der Waals surface area contributed by atoms with E-state index in [9.17, 15) is 9.59 Å². The van der Waals surface area contributed by atoms with Crippen molar-refractivity contribution in [2.24, 2.45) is 0 Å². The molecule has 0 saturated carbocycles. The van der Waals surface area contributed by atoms with Gasteiger partial charge in [0.25, 0.3) is 0 Å². The molecule has 0 saturated heterocycles. The number of likely N-dealkylation sites (N-methyl/N-ethyl adjacent to an activating group) is 1. The molecule has 0 bridgehead atoms. The van der Waals surface area contributed by atoms with E-state index >= 15 is 0 Å². The smallest absolute Gasteiger partial charge is 0.307 e. The number of nitrogens with one attached hydrogen (secondary N) is 1. The van der Waals surface area contributed by atoms with E-state index < -0.39 is 0 Å². The lowest BCUT2D eigenvalue weighted by atomic mass is 10.3. The van der Waals surface area contributed by atoms with Gasteiger partial charge in [0.15, 0.2) is 0 Å². The zero-order valence-electron chi connectivity index (χ0n) is 12.1. The van der Waals surface area contributed by atoms with Crippen LogP contribution in [-0.4, -0.2) is 50.1 Å². The van der Waals surface area contributed by atoms with E-state index in [1.165, 1.54) is 4.88 Å². The van der Waals surface area contributed by atoms with Crippen LogP contribution in [0, 0.1) is 0 Å². The normalized spacial score (nSPS) is 10.6. The summed E-state index contributed by atoms with van der Waals surface area (Å²) < 4.78 is 4.84. The molecule has 1 rings (SSSR count). The summed E-state index contributed by atoms with van der Waals surface area (Å²) in [6, 6.07) is 4.06. The maximum absolute atomic E-state index is 11.7. The fourth-order valence-electron chi connectivity index (χ4n) is 1.68.